The van der Waals surface area contributed by atoms with Crippen molar-refractivity contribution in [3.05, 3.63) is 87.9 Å². The van der Waals surface area contributed by atoms with Crippen LogP contribution in [0.5, 0.6) is 0 Å². The fraction of sp³-hybridized carbons (Fsp3) is 0.250. The maximum absolute atomic E-state index is 14.0. The van der Waals surface area contributed by atoms with Gasteiger partial charge in [0.1, 0.15) is 29.3 Å². The number of anilines is 1. The van der Waals surface area contributed by atoms with Crippen LogP contribution in [0.1, 0.15) is 40.9 Å². The van der Waals surface area contributed by atoms with Crippen molar-refractivity contribution >= 4 is 11.7 Å². The fourth-order valence-corrected chi connectivity index (χ4v) is 3.49. The molecule has 0 bridgehead atoms. The van der Waals surface area contributed by atoms with Gasteiger partial charge in [-0.05, 0) is 50.1 Å². The topological polar surface area (TPSA) is 69.8 Å². The molecule has 0 spiro atoms. The number of amides is 1. The number of nitrogens with zero attached hydrogens (tertiary/aromatic N) is 2. The summed E-state index contributed by atoms with van der Waals surface area (Å²) in [7, 11) is 0. The highest BCUT2D eigenvalue weighted by molar-refractivity contribution is 5.93. The molecular weight excluding hydrogens is 417 g/mol. The van der Waals surface area contributed by atoms with Gasteiger partial charge in [0.2, 0.25) is 5.91 Å². The van der Waals surface area contributed by atoms with Crippen molar-refractivity contribution in [3.63, 3.8) is 0 Å². The summed E-state index contributed by atoms with van der Waals surface area (Å²) in [5, 5.41) is 15.3. The highest BCUT2D eigenvalue weighted by Gasteiger charge is 2.20. The van der Waals surface area contributed by atoms with E-state index in [-0.39, 0.29) is 17.9 Å². The van der Waals surface area contributed by atoms with Gasteiger partial charge in [-0.2, -0.15) is 5.26 Å². The molecule has 1 heterocycles. The molecule has 0 fully saturated rings. The Morgan fingerprint density at radius 2 is 1.75 bits per heavy atom. The average molecular weight is 440 g/mol. The number of hydrogen-bond donors (Lipinski definition) is 2. The standard InChI is InChI=1S/C24H23F3N4O/c1-14-16(3)31(13-17-4-6-18(25)7-5-17)24(21(14)11-28)30-23(32)12-29-15(2)20-9-8-19(26)10-22(20)27/h4-10,15,29H,12-13H2,1-3H3,(H,30,32). The molecular formula is C24H23F3N4O. The molecule has 0 aliphatic heterocycles. The van der Waals surface area contributed by atoms with Crippen molar-refractivity contribution < 1.29 is 18.0 Å². The molecule has 0 aliphatic carbocycles. The molecule has 1 aromatic heterocycles. The van der Waals surface area contributed by atoms with Crippen molar-refractivity contribution in [3.8, 4) is 6.07 Å². The van der Waals surface area contributed by atoms with E-state index >= 15 is 0 Å². The first-order valence-corrected chi connectivity index (χ1v) is 10.0. The van der Waals surface area contributed by atoms with Crippen molar-refractivity contribution in [2.75, 3.05) is 11.9 Å². The van der Waals surface area contributed by atoms with Gasteiger partial charge in [0, 0.05) is 29.9 Å². The SMILES string of the molecule is Cc1c(C#N)c(NC(=O)CNC(C)c2ccc(F)cc2F)n(Cc2ccc(F)cc2)c1C. The maximum atomic E-state index is 14.0. The Bertz CT molecular complexity index is 1180. The van der Waals surface area contributed by atoms with Gasteiger partial charge in [-0.25, -0.2) is 13.2 Å². The third kappa shape index (κ3) is 5.01. The molecule has 0 aliphatic rings. The first-order chi connectivity index (χ1) is 15.2. The maximum Gasteiger partial charge on any atom is 0.239 e. The zero-order valence-corrected chi connectivity index (χ0v) is 18.0. The van der Waals surface area contributed by atoms with Gasteiger partial charge >= 0.3 is 0 Å². The normalized spacial score (nSPS) is 11.8. The van der Waals surface area contributed by atoms with Crippen molar-refractivity contribution in [2.45, 2.75) is 33.4 Å². The molecule has 5 nitrogen and oxygen atoms in total. The summed E-state index contributed by atoms with van der Waals surface area (Å²) in [6.07, 6.45) is 0. The van der Waals surface area contributed by atoms with Crippen molar-refractivity contribution in [1.29, 1.82) is 5.26 Å². The Morgan fingerprint density at radius 1 is 1.09 bits per heavy atom. The summed E-state index contributed by atoms with van der Waals surface area (Å²) in [5.41, 5.74) is 2.93. The molecule has 8 heteroatoms. The summed E-state index contributed by atoms with van der Waals surface area (Å²) >= 11 is 0. The number of nitriles is 1. The average Bonchev–Trinajstić information content (AvgIpc) is 2.97. The van der Waals surface area contributed by atoms with E-state index in [1.807, 2.05) is 6.92 Å². The second kappa shape index (κ2) is 9.71. The first kappa shape index (κ1) is 23.1. The Balaban J connectivity index is 1.76. The van der Waals surface area contributed by atoms with E-state index in [9.17, 15) is 23.2 Å². The summed E-state index contributed by atoms with van der Waals surface area (Å²) in [4.78, 5) is 12.6. The molecule has 1 amide bonds. The van der Waals surface area contributed by atoms with Crippen LogP contribution in [-0.4, -0.2) is 17.0 Å². The summed E-state index contributed by atoms with van der Waals surface area (Å²) in [6, 6.07) is 10.9. The predicted octanol–water partition coefficient (Wildman–Crippen LogP) is 4.73. The first-order valence-electron chi connectivity index (χ1n) is 10.0. The third-order valence-corrected chi connectivity index (χ3v) is 5.45. The summed E-state index contributed by atoms with van der Waals surface area (Å²) < 4.78 is 42.1. The molecule has 3 aromatic rings. The second-order valence-corrected chi connectivity index (χ2v) is 7.58. The minimum absolute atomic E-state index is 0.150. The molecule has 3 rings (SSSR count). The van der Waals surface area contributed by atoms with Gasteiger partial charge in [0.25, 0.3) is 0 Å². The van der Waals surface area contributed by atoms with Gasteiger partial charge < -0.3 is 15.2 Å². The second-order valence-electron chi connectivity index (χ2n) is 7.58. The van der Waals surface area contributed by atoms with E-state index < -0.39 is 23.6 Å². The minimum Gasteiger partial charge on any atom is -0.326 e. The minimum atomic E-state index is -0.698. The highest BCUT2D eigenvalue weighted by atomic mass is 19.1. The van der Waals surface area contributed by atoms with Crippen LogP contribution in [0.2, 0.25) is 0 Å². The Morgan fingerprint density at radius 3 is 2.38 bits per heavy atom. The fourth-order valence-electron chi connectivity index (χ4n) is 3.49. The van der Waals surface area contributed by atoms with Crippen LogP contribution in [0.4, 0.5) is 19.0 Å². The largest absolute Gasteiger partial charge is 0.326 e. The van der Waals surface area contributed by atoms with Crippen LogP contribution < -0.4 is 10.6 Å². The number of rotatable bonds is 7. The lowest BCUT2D eigenvalue weighted by molar-refractivity contribution is -0.115. The number of nitrogens with one attached hydrogen (secondary N) is 2. The van der Waals surface area contributed by atoms with E-state index in [0.717, 1.165) is 29.0 Å². The van der Waals surface area contributed by atoms with Crippen LogP contribution in [0.15, 0.2) is 42.5 Å². The Labute approximate surface area is 184 Å². The molecule has 0 saturated heterocycles. The van der Waals surface area contributed by atoms with Gasteiger partial charge in [0.15, 0.2) is 0 Å². The smallest absolute Gasteiger partial charge is 0.239 e. The van der Waals surface area contributed by atoms with Crippen LogP contribution in [0.3, 0.4) is 0 Å². The number of halogens is 3. The van der Waals surface area contributed by atoms with Crippen LogP contribution >= 0.6 is 0 Å². The van der Waals surface area contributed by atoms with Crippen LogP contribution in [-0.2, 0) is 11.3 Å². The van der Waals surface area contributed by atoms with E-state index in [2.05, 4.69) is 16.7 Å². The highest BCUT2D eigenvalue weighted by Crippen LogP contribution is 2.27. The van der Waals surface area contributed by atoms with Crippen LogP contribution in [0, 0.1) is 42.6 Å². The molecule has 2 N–H and O–H groups in total. The molecule has 1 unspecified atom stereocenters. The molecule has 1 atom stereocenters. The summed E-state index contributed by atoms with van der Waals surface area (Å²) in [5.74, 6) is -1.80. The number of carbonyl (C=O) groups excluding carboxylic acids is 1. The van der Waals surface area contributed by atoms with Gasteiger partial charge in [0.05, 0.1) is 12.1 Å². The van der Waals surface area contributed by atoms with Crippen molar-refractivity contribution in [2.24, 2.45) is 0 Å². The lowest BCUT2D eigenvalue weighted by Gasteiger charge is -2.16. The third-order valence-electron chi connectivity index (χ3n) is 5.45. The van der Waals surface area contributed by atoms with Gasteiger partial charge in [-0.3, -0.25) is 4.79 Å². The summed E-state index contributed by atoms with van der Waals surface area (Å²) in [6.45, 7) is 5.49. The van der Waals surface area contributed by atoms with E-state index in [4.69, 9.17) is 0 Å². The monoisotopic (exact) mass is 440 g/mol. The van der Waals surface area contributed by atoms with Crippen LogP contribution in [0.25, 0.3) is 0 Å². The Kier molecular flexibility index (Phi) is 7.01. The van der Waals surface area contributed by atoms with Gasteiger partial charge in [-0.1, -0.05) is 18.2 Å². The quantitative estimate of drug-likeness (QED) is 0.558. The molecule has 0 radical (unpaired) electrons. The van der Waals surface area contributed by atoms with E-state index in [1.165, 1.54) is 18.2 Å². The number of hydrogen-bond acceptors (Lipinski definition) is 3. The zero-order chi connectivity index (χ0) is 23.4. The number of carbonyl (C=O) groups is 1. The molecule has 166 valence electrons. The lowest BCUT2D eigenvalue weighted by atomic mass is 10.1. The van der Waals surface area contributed by atoms with Crippen molar-refractivity contribution in [1.82, 2.24) is 9.88 Å². The predicted molar refractivity (Wildman–Crippen MR) is 116 cm³/mol. The van der Waals surface area contributed by atoms with E-state index in [0.29, 0.717) is 17.9 Å². The molecule has 2 aromatic carbocycles. The van der Waals surface area contributed by atoms with E-state index in [1.54, 1.807) is 30.5 Å². The number of aromatic nitrogens is 1. The molecule has 32 heavy (non-hydrogen) atoms. The number of benzene rings is 2. The lowest BCUT2D eigenvalue weighted by Crippen LogP contribution is -2.31. The van der Waals surface area contributed by atoms with Gasteiger partial charge in [-0.15, -0.1) is 0 Å². The zero-order valence-electron chi connectivity index (χ0n) is 18.0. The Hall–Kier alpha value is -3.57. The molecule has 0 saturated carbocycles.